The highest BCUT2D eigenvalue weighted by atomic mass is 19.1. The molecule has 0 unspecified atom stereocenters. The second kappa shape index (κ2) is 8.62. The average Bonchev–Trinajstić information content (AvgIpc) is 3.15. The summed E-state index contributed by atoms with van der Waals surface area (Å²) >= 11 is 0. The molecule has 0 spiro atoms. The molecular weight excluding hydrogens is 373 g/mol. The minimum absolute atomic E-state index is 0.112. The molecule has 1 aliphatic heterocycles. The highest BCUT2D eigenvalue weighted by molar-refractivity contribution is 5.93. The lowest BCUT2D eigenvalue weighted by Gasteiger charge is -2.33. The third-order valence-corrected chi connectivity index (χ3v) is 5.07. The number of pyridine rings is 2. The van der Waals surface area contributed by atoms with Crippen molar-refractivity contribution in [1.29, 1.82) is 0 Å². The number of amides is 1. The molecule has 0 aliphatic carbocycles. The molecular formula is C20H24FN7O. The molecule has 1 fully saturated rings. The summed E-state index contributed by atoms with van der Waals surface area (Å²) in [6, 6.07) is 5.67. The quantitative estimate of drug-likeness (QED) is 0.680. The number of rotatable bonds is 6. The summed E-state index contributed by atoms with van der Waals surface area (Å²) in [4.78, 5) is 25.6. The van der Waals surface area contributed by atoms with Crippen LogP contribution < -0.4 is 5.32 Å². The minimum atomic E-state index is -0.329. The van der Waals surface area contributed by atoms with Gasteiger partial charge in [-0.2, -0.15) is 5.10 Å². The van der Waals surface area contributed by atoms with Crippen LogP contribution >= 0.6 is 0 Å². The Balaban J connectivity index is 1.40. The zero-order chi connectivity index (χ0) is 20.2. The first kappa shape index (κ1) is 19.4. The minimum Gasteiger partial charge on any atom is -0.310 e. The van der Waals surface area contributed by atoms with Crippen LogP contribution in [0.15, 0.2) is 36.8 Å². The number of nitrogens with zero attached hydrogens (tertiary/aromatic N) is 6. The number of alkyl halides is 1. The first-order chi connectivity index (χ1) is 14.1. The van der Waals surface area contributed by atoms with E-state index in [9.17, 15) is 9.18 Å². The van der Waals surface area contributed by atoms with Gasteiger partial charge in [-0.3, -0.25) is 19.3 Å². The lowest BCUT2D eigenvalue weighted by atomic mass is 10.2. The van der Waals surface area contributed by atoms with E-state index in [1.54, 1.807) is 23.1 Å². The lowest BCUT2D eigenvalue weighted by molar-refractivity contribution is -0.117. The maximum Gasteiger partial charge on any atom is 0.239 e. The molecule has 1 aliphatic rings. The van der Waals surface area contributed by atoms with Crippen LogP contribution in [-0.4, -0.2) is 81.4 Å². The largest absolute Gasteiger partial charge is 0.310 e. The van der Waals surface area contributed by atoms with Gasteiger partial charge in [-0.15, -0.1) is 0 Å². The van der Waals surface area contributed by atoms with Crippen LogP contribution in [0.2, 0.25) is 0 Å². The van der Waals surface area contributed by atoms with E-state index in [4.69, 9.17) is 0 Å². The molecule has 0 saturated carbocycles. The number of hydrogen-bond acceptors (Lipinski definition) is 6. The molecule has 1 amide bonds. The second-order valence-electron chi connectivity index (χ2n) is 7.22. The Hall–Kier alpha value is -2.91. The Labute approximate surface area is 168 Å². The van der Waals surface area contributed by atoms with Crippen molar-refractivity contribution >= 4 is 22.6 Å². The Kier molecular flexibility index (Phi) is 5.77. The zero-order valence-corrected chi connectivity index (χ0v) is 16.4. The predicted octanol–water partition coefficient (Wildman–Crippen LogP) is 1.56. The van der Waals surface area contributed by atoms with Crippen LogP contribution in [0, 0.1) is 0 Å². The van der Waals surface area contributed by atoms with Crippen molar-refractivity contribution < 1.29 is 9.18 Å². The van der Waals surface area contributed by atoms with E-state index >= 15 is 0 Å². The molecule has 8 nitrogen and oxygen atoms in total. The summed E-state index contributed by atoms with van der Waals surface area (Å²) in [5.41, 5.74) is 2.51. The Morgan fingerprint density at radius 2 is 1.97 bits per heavy atom. The molecule has 3 aromatic rings. The first-order valence-corrected chi connectivity index (χ1v) is 9.67. The number of aryl methyl sites for hydroxylation is 1. The smallest absolute Gasteiger partial charge is 0.239 e. The normalized spacial score (nSPS) is 15.7. The maximum atomic E-state index is 12.4. The molecule has 0 aromatic carbocycles. The van der Waals surface area contributed by atoms with Gasteiger partial charge in [0.15, 0.2) is 0 Å². The third-order valence-electron chi connectivity index (χ3n) is 5.07. The third kappa shape index (κ3) is 4.75. The molecule has 4 heterocycles. The molecule has 9 heteroatoms. The Bertz CT molecular complexity index is 997. The summed E-state index contributed by atoms with van der Waals surface area (Å²) in [5, 5.41) is 7.94. The van der Waals surface area contributed by atoms with E-state index in [2.05, 4.69) is 30.2 Å². The molecule has 3 aromatic heterocycles. The van der Waals surface area contributed by atoms with E-state index in [-0.39, 0.29) is 12.6 Å². The zero-order valence-electron chi connectivity index (χ0n) is 16.4. The summed E-state index contributed by atoms with van der Waals surface area (Å²) in [5.74, 6) is 0.369. The number of nitrogens with one attached hydrogen (secondary N) is 1. The molecule has 152 valence electrons. The first-order valence-electron chi connectivity index (χ1n) is 9.67. The fourth-order valence-electron chi connectivity index (χ4n) is 3.47. The standard InChI is InChI=1S/C20H24FN7O/c1-26-13-16(12-23-26)17-3-2-15-11-22-19(10-18(15)24-17)25-20(29)14-28-8-6-27(5-4-21)7-9-28/h2-3,10-13H,4-9,14H2,1H3,(H,22,25,29). The summed E-state index contributed by atoms with van der Waals surface area (Å²) in [6.45, 7) is 3.52. The number of carbonyl (C=O) groups is 1. The van der Waals surface area contributed by atoms with E-state index in [1.807, 2.05) is 25.4 Å². The van der Waals surface area contributed by atoms with Gasteiger partial charge in [0.2, 0.25) is 5.91 Å². The monoisotopic (exact) mass is 397 g/mol. The van der Waals surface area contributed by atoms with Crippen molar-refractivity contribution in [3.05, 3.63) is 36.8 Å². The lowest BCUT2D eigenvalue weighted by Crippen LogP contribution is -2.49. The molecule has 0 atom stereocenters. The molecule has 1 N–H and O–H groups in total. The summed E-state index contributed by atoms with van der Waals surface area (Å²) in [6.07, 6.45) is 5.39. The summed E-state index contributed by atoms with van der Waals surface area (Å²) in [7, 11) is 1.86. The van der Waals surface area contributed by atoms with Crippen molar-refractivity contribution in [1.82, 2.24) is 29.5 Å². The van der Waals surface area contributed by atoms with Crippen LogP contribution in [0.25, 0.3) is 22.2 Å². The number of anilines is 1. The van der Waals surface area contributed by atoms with E-state index in [0.29, 0.717) is 18.9 Å². The fraction of sp³-hybridized carbons (Fsp3) is 0.400. The van der Waals surface area contributed by atoms with Gasteiger partial charge >= 0.3 is 0 Å². The number of fused-ring (bicyclic) bond motifs is 1. The molecule has 0 bridgehead atoms. The van der Waals surface area contributed by atoms with Gasteiger partial charge < -0.3 is 5.32 Å². The SMILES string of the molecule is Cn1cc(-c2ccc3cnc(NC(=O)CN4CCN(CCF)CC4)cc3n2)cn1. The van der Waals surface area contributed by atoms with Gasteiger partial charge in [0.05, 0.1) is 24.0 Å². The summed E-state index contributed by atoms with van der Waals surface area (Å²) < 4.78 is 14.2. The number of aromatic nitrogens is 4. The van der Waals surface area contributed by atoms with Gasteiger partial charge in [0, 0.05) is 69.2 Å². The molecule has 29 heavy (non-hydrogen) atoms. The van der Waals surface area contributed by atoms with Gasteiger partial charge in [-0.25, -0.2) is 14.4 Å². The average molecular weight is 397 g/mol. The predicted molar refractivity (Wildman–Crippen MR) is 109 cm³/mol. The fourth-order valence-corrected chi connectivity index (χ4v) is 3.47. The molecule has 0 radical (unpaired) electrons. The van der Waals surface area contributed by atoms with Crippen molar-refractivity contribution in [2.24, 2.45) is 7.05 Å². The van der Waals surface area contributed by atoms with E-state index in [1.165, 1.54) is 0 Å². The number of piperazine rings is 1. The van der Waals surface area contributed by atoms with Gasteiger partial charge in [0.25, 0.3) is 0 Å². The Morgan fingerprint density at radius 3 is 2.69 bits per heavy atom. The van der Waals surface area contributed by atoms with Crippen LogP contribution in [0.4, 0.5) is 10.2 Å². The van der Waals surface area contributed by atoms with E-state index in [0.717, 1.165) is 48.3 Å². The van der Waals surface area contributed by atoms with Crippen molar-refractivity contribution in [3.8, 4) is 11.3 Å². The van der Waals surface area contributed by atoms with Crippen LogP contribution in [0.1, 0.15) is 0 Å². The van der Waals surface area contributed by atoms with Gasteiger partial charge in [0.1, 0.15) is 12.5 Å². The highest BCUT2D eigenvalue weighted by Crippen LogP contribution is 2.21. The number of halogens is 1. The molecule has 4 rings (SSSR count). The van der Waals surface area contributed by atoms with Crippen LogP contribution in [0.5, 0.6) is 0 Å². The van der Waals surface area contributed by atoms with Crippen molar-refractivity contribution in [2.75, 3.05) is 51.3 Å². The van der Waals surface area contributed by atoms with Gasteiger partial charge in [-0.1, -0.05) is 0 Å². The van der Waals surface area contributed by atoms with Crippen LogP contribution in [-0.2, 0) is 11.8 Å². The van der Waals surface area contributed by atoms with Crippen molar-refractivity contribution in [2.45, 2.75) is 0 Å². The van der Waals surface area contributed by atoms with E-state index < -0.39 is 0 Å². The number of hydrogen-bond donors (Lipinski definition) is 1. The van der Waals surface area contributed by atoms with Crippen LogP contribution in [0.3, 0.4) is 0 Å². The van der Waals surface area contributed by atoms with Gasteiger partial charge in [-0.05, 0) is 12.1 Å². The van der Waals surface area contributed by atoms with Crippen molar-refractivity contribution in [3.63, 3.8) is 0 Å². The topological polar surface area (TPSA) is 79.2 Å². The number of carbonyl (C=O) groups excluding carboxylic acids is 1. The highest BCUT2D eigenvalue weighted by Gasteiger charge is 2.19. The maximum absolute atomic E-state index is 12.4. The second-order valence-corrected chi connectivity index (χ2v) is 7.22. The Morgan fingerprint density at radius 1 is 1.17 bits per heavy atom. The molecule has 1 saturated heterocycles.